The highest BCUT2D eigenvalue weighted by Gasteiger charge is 2.40. The molecule has 4 nitrogen and oxygen atoms in total. The molecule has 3 rings (SSSR count). The van der Waals surface area contributed by atoms with Crippen LogP contribution in [0.15, 0.2) is 48.5 Å². The van der Waals surface area contributed by atoms with E-state index >= 15 is 0 Å². The molecule has 124 valence electrons. The first-order chi connectivity index (χ1) is 11.5. The number of hydrogen-bond donors (Lipinski definition) is 1. The lowest BCUT2D eigenvalue weighted by Crippen LogP contribution is -2.29. The average molecular weight is 344 g/mol. The summed E-state index contributed by atoms with van der Waals surface area (Å²) in [6.45, 7) is 2.47. The second-order valence-electron chi connectivity index (χ2n) is 6.14. The van der Waals surface area contributed by atoms with Gasteiger partial charge in [0.1, 0.15) is 0 Å². The van der Waals surface area contributed by atoms with Gasteiger partial charge in [0.25, 0.3) is 5.91 Å². The highest BCUT2D eigenvalue weighted by atomic mass is 35.5. The van der Waals surface area contributed by atoms with Crippen molar-refractivity contribution in [3.63, 3.8) is 0 Å². The van der Waals surface area contributed by atoms with Gasteiger partial charge in [-0.2, -0.15) is 0 Å². The monoisotopic (exact) mass is 343 g/mol. The van der Waals surface area contributed by atoms with Gasteiger partial charge in [-0.05, 0) is 36.2 Å². The number of halogens is 1. The third kappa shape index (κ3) is 3.15. The first kappa shape index (κ1) is 16.5. The van der Waals surface area contributed by atoms with Crippen LogP contribution < -0.4 is 0 Å². The first-order valence-corrected chi connectivity index (χ1v) is 8.18. The van der Waals surface area contributed by atoms with E-state index in [0.717, 1.165) is 11.1 Å². The SMILES string of the molecule is Cc1cc(C(=O)N2CC(C(=O)O)C(c3ccccc3)C2)ccc1Cl. The highest BCUT2D eigenvalue weighted by molar-refractivity contribution is 6.31. The molecule has 2 aromatic rings. The Balaban J connectivity index is 1.86. The number of aliphatic carboxylic acids is 1. The van der Waals surface area contributed by atoms with Gasteiger partial charge in [0.15, 0.2) is 0 Å². The minimum Gasteiger partial charge on any atom is -0.481 e. The number of benzene rings is 2. The smallest absolute Gasteiger partial charge is 0.308 e. The molecule has 1 fully saturated rings. The molecule has 2 atom stereocenters. The van der Waals surface area contributed by atoms with Crippen LogP contribution in [0, 0.1) is 12.8 Å². The minimum atomic E-state index is -0.869. The lowest BCUT2D eigenvalue weighted by Gasteiger charge is -2.17. The zero-order chi connectivity index (χ0) is 17.3. The number of likely N-dealkylation sites (tertiary alicyclic amines) is 1. The first-order valence-electron chi connectivity index (χ1n) is 7.80. The molecule has 2 unspecified atom stereocenters. The number of amides is 1. The number of carboxylic acid groups (broad SMARTS) is 1. The number of carboxylic acids is 1. The Kier molecular flexibility index (Phi) is 4.58. The van der Waals surface area contributed by atoms with Crippen molar-refractivity contribution in [1.82, 2.24) is 4.90 Å². The molecule has 0 radical (unpaired) electrons. The number of carbonyl (C=O) groups is 2. The fraction of sp³-hybridized carbons (Fsp3) is 0.263. The summed E-state index contributed by atoms with van der Waals surface area (Å²) in [5.41, 5.74) is 2.32. The molecule has 1 saturated heterocycles. The quantitative estimate of drug-likeness (QED) is 0.926. The van der Waals surface area contributed by atoms with E-state index in [1.807, 2.05) is 37.3 Å². The van der Waals surface area contributed by atoms with Crippen LogP contribution in [0.25, 0.3) is 0 Å². The Hall–Kier alpha value is -2.33. The summed E-state index contributed by atoms with van der Waals surface area (Å²) in [7, 11) is 0. The Labute approximate surface area is 145 Å². The molecule has 1 N–H and O–H groups in total. The number of rotatable bonds is 3. The lowest BCUT2D eigenvalue weighted by molar-refractivity contribution is -0.141. The predicted octanol–water partition coefficient (Wildman–Crippen LogP) is 3.59. The van der Waals surface area contributed by atoms with Crippen LogP contribution >= 0.6 is 11.6 Å². The van der Waals surface area contributed by atoms with Crippen molar-refractivity contribution in [1.29, 1.82) is 0 Å². The van der Waals surface area contributed by atoms with Gasteiger partial charge in [0.2, 0.25) is 0 Å². The Morgan fingerprint density at radius 2 is 1.83 bits per heavy atom. The summed E-state index contributed by atoms with van der Waals surface area (Å²) in [5.74, 6) is -1.81. The molecular weight excluding hydrogens is 326 g/mol. The van der Waals surface area contributed by atoms with Gasteiger partial charge < -0.3 is 10.0 Å². The molecule has 0 bridgehead atoms. The fourth-order valence-corrected chi connectivity index (χ4v) is 3.34. The molecule has 24 heavy (non-hydrogen) atoms. The summed E-state index contributed by atoms with van der Waals surface area (Å²) >= 11 is 6.01. The number of carbonyl (C=O) groups excluding carboxylic acids is 1. The van der Waals surface area contributed by atoms with E-state index in [1.54, 1.807) is 23.1 Å². The van der Waals surface area contributed by atoms with Crippen LogP contribution in [0.5, 0.6) is 0 Å². The summed E-state index contributed by atoms with van der Waals surface area (Å²) in [5, 5.41) is 10.1. The number of nitrogens with zero attached hydrogens (tertiary/aromatic N) is 1. The molecule has 1 aliphatic rings. The standard InChI is InChI=1S/C19H18ClNO3/c1-12-9-14(7-8-17(12)20)18(22)21-10-15(16(11-21)19(23)24)13-5-3-2-4-6-13/h2-9,15-16H,10-11H2,1H3,(H,23,24). The highest BCUT2D eigenvalue weighted by Crippen LogP contribution is 2.33. The van der Waals surface area contributed by atoms with Crippen LogP contribution in [0.2, 0.25) is 5.02 Å². The molecule has 0 aromatic heterocycles. The predicted molar refractivity (Wildman–Crippen MR) is 92.4 cm³/mol. The van der Waals surface area contributed by atoms with Crippen molar-refractivity contribution in [2.75, 3.05) is 13.1 Å². The summed E-state index contributed by atoms with van der Waals surface area (Å²) < 4.78 is 0. The molecule has 2 aromatic carbocycles. The summed E-state index contributed by atoms with van der Waals surface area (Å²) in [6, 6.07) is 14.6. The summed E-state index contributed by atoms with van der Waals surface area (Å²) in [4.78, 5) is 26.0. The van der Waals surface area contributed by atoms with E-state index in [1.165, 1.54) is 0 Å². The molecule has 0 saturated carbocycles. The van der Waals surface area contributed by atoms with E-state index in [0.29, 0.717) is 17.1 Å². The van der Waals surface area contributed by atoms with Gasteiger partial charge in [-0.1, -0.05) is 41.9 Å². The van der Waals surface area contributed by atoms with Crippen LogP contribution in [0.3, 0.4) is 0 Å². The van der Waals surface area contributed by atoms with Crippen molar-refractivity contribution >= 4 is 23.5 Å². The molecule has 1 amide bonds. The number of aryl methyl sites for hydroxylation is 1. The van der Waals surface area contributed by atoms with Crippen molar-refractivity contribution in [2.45, 2.75) is 12.8 Å². The van der Waals surface area contributed by atoms with Gasteiger partial charge in [-0.15, -0.1) is 0 Å². The van der Waals surface area contributed by atoms with E-state index < -0.39 is 11.9 Å². The van der Waals surface area contributed by atoms with Gasteiger partial charge in [0, 0.05) is 29.6 Å². The van der Waals surface area contributed by atoms with E-state index in [9.17, 15) is 14.7 Å². The van der Waals surface area contributed by atoms with Gasteiger partial charge >= 0.3 is 5.97 Å². The largest absolute Gasteiger partial charge is 0.481 e. The zero-order valence-corrected chi connectivity index (χ0v) is 14.0. The topological polar surface area (TPSA) is 57.6 Å². The van der Waals surface area contributed by atoms with Gasteiger partial charge in [-0.3, -0.25) is 9.59 Å². The Morgan fingerprint density at radius 1 is 1.12 bits per heavy atom. The molecule has 0 spiro atoms. The van der Waals surface area contributed by atoms with Gasteiger partial charge in [0.05, 0.1) is 5.92 Å². The Morgan fingerprint density at radius 3 is 2.46 bits per heavy atom. The average Bonchev–Trinajstić information content (AvgIpc) is 3.03. The summed E-state index contributed by atoms with van der Waals surface area (Å²) in [6.07, 6.45) is 0. The number of hydrogen-bond acceptors (Lipinski definition) is 2. The lowest BCUT2D eigenvalue weighted by atomic mass is 9.89. The fourth-order valence-electron chi connectivity index (χ4n) is 3.22. The maximum Gasteiger partial charge on any atom is 0.308 e. The van der Waals surface area contributed by atoms with Crippen LogP contribution in [0.1, 0.15) is 27.4 Å². The third-order valence-corrected chi connectivity index (χ3v) is 4.98. The van der Waals surface area contributed by atoms with Crippen LogP contribution in [-0.4, -0.2) is 35.0 Å². The van der Waals surface area contributed by atoms with E-state index in [4.69, 9.17) is 11.6 Å². The maximum absolute atomic E-state index is 12.7. The maximum atomic E-state index is 12.7. The normalized spacial score (nSPS) is 20.2. The van der Waals surface area contributed by atoms with Crippen LogP contribution in [0.4, 0.5) is 0 Å². The van der Waals surface area contributed by atoms with Gasteiger partial charge in [-0.25, -0.2) is 0 Å². The van der Waals surface area contributed by atoms with E-state index in [-0.39, 0.29) is 18.4 Å². The van der Waals surface area contributed by atoms with E-state index in [2.05, 4.69) is 0 Å². The Bertz CT molecular complexity index is 775. The second-order valence-corrected chi connectivity index (χ2v) is 6.54. The molecule has 1 heterocycles. The molecule has 0 aliphatic carbocycles. The minimum absolute atomic E-state index is 0.153. The van der Waals surface area contributed by atoms with Crippen LogP contribution in [-0.2, 0) is 4.79 Å². The van der Waals surface area contributed by atoms with Crippen molar-refractivity contribution < 1.29 is 14.7 Å². The third-order valence-electron chi connectivity index (χ3n) is 4.56. The van der Waals surface area contributed by atoms with Crippen molar-refractivity contribution in [3.05, 3.63) is 70.2 Å². The molecule has 5 heteroatoms. The molecule has 1 aliphatic heterocycles. The van der Waals surface area contributed by atoms with Crippen molar-refractivity contribution in [2.24, 2.45) is 5.92 Å². The zero-order valence-electron chi connectivity index (χ0n) is 13.3. The molecular formula is C19H18ClNO3. The van der Waals surface area contributed by atoms with Crippen molar-refractivity contribution in [3.8, 4) is 0 Å². The second kappa shape index (κ2) is 6.65.